The maximum atomic E-state index is 10.9. The van der Waals surface area contributed by atoms with E-state index in [1.807, 2.05) is 0 Å². The number of nitrogens with zero attached hydrogens (tertiary/aromatic N) is 2. The molecule has 1 atom stereocenters. The molecule has 1 aliphatic rings. The van der Waals surface area contributed by atoms with Crippen molar-refractivity contribution in [2.24, 2.45) is 0 Å². The van der Waals surface area contributed by atoms with Crippen LogP contribution in [0.25, 0.3) is 0 Å². The lowest BCUT2D eigenvalue weighted by Gasteiger charge is -2.33. The van der Waals surface area contributed by atoms with E-state index in [4.69, 9.17) is 0 Å². The summed E-state index contributed by atoms with van der Waals surface area (Å²) in [7, 11) is 0. The Labute approximate surface area is 105 Å². The molecule has 0 spiro atoms. The molecule has 1 saturated heterocycles. The Bertz CT molecular complexity index is 476. The van der Waals surface area contributed by atoms with Gasteiger partial charge in [-0.1, -0.05) is 0 Å². The number of carbonyl (C=O) groups excluding carboxylic acids is 1. The number of carbonyl (C=O) groups is 1. The number of rotatable bonds is 3. The molecule has 0 radical (unpaired) electrons. The van der Waals surface area contributed by atoms with E-state index in [9.17, 15) is 14.9 Å². The fourth-order valence-electron chi connectivity index (χ4n) is 2.15. The molecule has 6 heteroatoms. The third-order valence-electron chi connectivity index (χ3n) is 3.07. The highest BCUT2D eigenvalue weighted by Crippen LogP contribution is 2.25. The van der Waals surface area contributed by atoms with E-state index in [-0.39, 0.29) is 11.3 Å². The van der Waals surface area contributed by atoms with Crippen molar-refractivity contribution in [3.8, 4) is 0 Å². The number of hydrogen-bond donors (Lipinski definition) is 1. The number of hydrogen-bond acceptors (Lipinski definition) is 5. The molecular formula is C12H15N3O3. The molecule has 0 bridgehead atoms. The first kappa shape index (κ1) is 12.5. The van der Waals surface area contributed by atoms with E-state index in [1.165, 1.54) is 12.1 Å². The van der Waals surface area contributed by atoms with Gasteiger partial charge in [0.25, 0.3) is 5.69 Å². The van der Waals surface area contributed by atoms with Gasteiger partial charge < -0.3 is 10.2 Å². The Hall–Kier alpha value is -1.95. The molecule has 1 heterocycles. The number of aldehydes is 1. The van der Waals surface area contributed by atoms with Crippen molar-refractivity contribution in [1.82, 2.24) is 5.32 Å². The van der Waals surface area contributed by atoms with Crippen molar-refractivity contribution in [2.75, 3.05) is 24.5 Å². The average molecular weight is 249 g/mol. The summed E-state index contributed by atoms with van der Waals surface area (Å²) in [4.78, 5) is 23.2. The molecule has 18 heavy (non-hydrogen) atoms. The zero-order valence-corrected chi connectivity index (χ0v) is 10.1. The third kappa shape index (κ3) is 2.48. The second-order valence-corrected chi connectivity index (χ2v) is 4.42. The smallest absolute Gasteiger partial charge is 0.281 e. The highest BCUT2D eigenvalue weighted by Gasteiger charge is 2.20. The summed E-state index contributed by atoms with van der Waals surface area (Å²) in [5, 5.41) is 14.2. The third-order valence-corrected chi connectivity index (χ3v) is 3.07. The summed E-state index contributed by atoms with van der Waals surface area (Å²) >= 11 is 0. The lowest BCUT2D eigenvalue weighted by Crippen LogP contribution is -2.49. The van der Waals surface area contributed by atoms with Gasteiger partial charge in [0, 0.05) is 37.4 Å². The minimum atomic E-state index is -0.515. The van der Waals surface area contributed by atoms with E-state index in [0.717, 1.165) is 25.3 Å². The van der Waals surface area contributed by atoms with Crippen molar-refractivity contribution < 1.29 is 9.72 Å². The van der Waals surface area contributed by atoms with Gasteiger partial charge in [-0.3, -0.25) is 14.9 Å². The molecule has 1 fully saturated rings. The minimum Gasteiger partial charge on any atom is -0.369 e. The fourth-order valence-corrected chi connectivity index (χ4v) is 2.15. The Morgan fingerprint density at radius 2 is 2.33 bits per heavy atom. The summed E-state index contributed by atoms with van der Waals surface area (Å²) in [5.74, 6) is 0. The molecule has 0 amide bonds. The van der Waals surface area contributed by atoms with E-state index in [1.54, 1.807) is 6.07 Å². The first-order chi connectivity index (χ1) is 8.61. The van der Waals surface area contributed by atoms with Crippen LogP contribution in [0.2, 0.25) is 0 Å². The van der Waals surface area contributed by atoms with Gasteiger partial charge in [-0.2, -0.15) is 0 Å². The van der Waals surface area contributed by atoms with Gasteiger partial charge in [0.2, 0.25) is 0 Å². The maximum Gasteiger partial charge on any atom is 0.281 e. The van der Waals surface area contributed by atoms with Gasteiger partial charge in [0.15, 0.2) is 6.29 Å². The molecular weight excluding hydrogens is 234 g/mol. The summed E-state index contributed by atoms with van der Waals surface area (Å²) < 4.78 is 0. The Balaban J connectivity index is 2.31. The van der Waals surface area contributed by atoms with Crippen LogP contribution >= 0.6 is 0 Å². The topological polar surface area (TPSA) is 75.5 Å². The van der Waals surface area contributed by atoms with Crippen LogP contribution in [-0.4, -0.2) is 36.9 Å². The van der Waals surface area contributed by atoms with Crippen LogP contribution in [0.15, 0.2) is 18.2 Å². The highest BCUT2D eigenvalue weighted by atomic mass is 16.6. The van der Waals surface area contributed by atoms with Crippen LogP contribution in [0.1, 0.15) is 17.3 Å². The number of nitrogens with one attached hydrogen (secondary N) is 1. The standard InChI is InChI=1S/C12H15N3O3/c1-9-7-14(5-4-13-9)11-3-2-10(8-16)12(6-11)15(17)18/h2-3,6,8-9,13H,4-5,7H2,1H3. The quantitative estimate of drug-likeness (QED) is 0.495. The first-order valence-electron chi connectivity index (χ1n) is 5.84. The second-order valence-electron chi connectivity index (χ2n) is 4.42. The van der Waals surface area contributed by atoms with Gasteiger partial charge in [-0.25, -0.2) is 0 Å². The van der Waals surface area contributed by atoms with E-state index < -0.39 is 4.92 Å². The summed E-state index contributed by atoms with van der Waals surface area (Å²) in [6.07, 6.45) is 0.516. The van der Waals surface area contributed by atoms with Gasteiger partial charge in [-0.05, 0) is 19.1 Å². The van der Waals surface area contributed by atoms with Crippen LogP contribution in [0.3, 0.4) is 0 Å². The number of nitro benzene ring substituents is 1. The SMILES string of the molecule is CC1CN(c2ccc(C=O)c([N+](=O)[O-])c2)CCN1. The van der Waals surface area contributed by atoms with Crippen LogP contribution in [0.4, 0.5) is 11.4 Å². The summed E-state index contributed by atoms with van der Waals surface area (Å²) in [6, 6.07) is 5.09. The molecule has 1 aromatic rings. The van der Waals surface area contributed by atoms with Crippen LogP contribution in [0, 0.1) is 10.1 Å². The molecule has 96 valence electrons. The Morgan fingerprint density at radius 1 is 1.56 bits per heavy atom. The van der Waals surface area contributed by atoms with Gasteiger partial charge >= 0.3 is 0 Å². The van der Waals surface area contributed by atoms with Crippen LogP contribution in [0.5, 0.6) is 0 Å². The van der Waals surface area contributed by atoms with Gasteiger partial charge in [-0.15, -0.1) is 0 Å². The van der Waals surface area contributed by atoms with Gasteiger partial charge in [0.1, 0.15) is 0 Å². The first-order valence-corrected chi connectivity index (χ1v) is 5.84. The number of nitro groups is 1. The highest BCUT2D eigenvalue weighted by molar-refractivity contribution is 5.83. The number of anilines is 1. The zero-order valence-electron chi connectivity index (χ0n) is 10.1. The molecule has 0 aliphatic carbocycles. The molecule has 1 aromatic carbocycles. The minimum absolute atomic E-state index is 0.118. The van der Waals surface area contributed by atoms with E-state index in [0.29, 0.717) is 12.3 Å². The van der Waals surface area contributed by atoms with Gasteiger partial charge in [0.05, 0.1) is 10.5 Å². The molecule has 0 saturated carbocycles. The lowest BCUT2D eigenvalue weighted by atomic mass is 10.1. The Kier molecular flexibility index (Phi) is 3.57. The summed E-state index contributed by atoms with van der Waals surface area (Å²) in [6.45, 7) is 4.53. The average Bonchev–Trinajstić information content (AvgIpc) is 2.38. The van der Waals surface area contributed by atoms with Crippen LogP contribution in [-0.2, 0) is 0 Å². The normalized spacial score (nSPS) is 19.6. The molecule has 1 N–H and O–H groups in total. The number of benzene rings is 1. The number of piperazine rings is 1. The maximum absolute atomic E-state index is 10.9. The molecule has 6 nitrogen and oxygen atoms in total. The monoisotopic (exact) mass is 249 g/mol. The van der Waals surface area contributed by atoms with Crippen molar-refractivity contribution in [2.45, 2.75) is 13.0 Å². The Morgan fingerprint density at radius 3 is 2.94 bits per heavy atom. The largest absolute Gasteiger partial charge is 0.369 e. The predicted octanol–water partition coefficient (Wildman–Crippen LogP) is 1.21. The molecule has 1 aliphatic heterocycles. The molecule has 0 aromatic heterocycles. The predicted molar refractivity (Wildman–Crippen MR) is 68.2 cm³/mol. The molecule has 2 rings (SSSR count). The summed E-state index contributed by atoms with van der Waals surface area (Å²) in [5.41, 5.74) is 0.779. The van der Waals surface area contributed by atoms with E-state index in [2.05, 4.69) is 17.1 Å². The fraction of sp³-hybridized carbons (Fsp3) is 0.417. The lowest BCUT2D eigenvalue weighted by molar-refractivity contribution is -0.385. The van der Waals surface area contributed by atoms with Crippen molar-refractivity contribution in [3.63, 3.8) is 0 Å². The van der Waals surface area contributed by atoms with Crippen molar-refractivity contribution >= 4 is 17.7 Å². The molecule has 1 unspecified atom stereocenters. The second kappa shape index (κ2) is 5.14. The van der Waals surface area contributed by atoms with E-state index >= 15 is 0 Å². The van der Waals surface area contributed by atoms with Crippen molar-refractivity contribution in [3.05, 3.63) is 33.9 Å². The zero-order chi connectivity index (χ0) is 13.1. The van der Waals surface area contributed by atoms with Crippen LogP contribution < -0.4 is 10.2 Å². The van der Waals surface area contributed by atoms with Crippen molar-refractivity contribution in [1.29, 1.82) is 0 Å².